The summed E-state index contributed by atoms with van der Waals surface area (Å²) in [5.41, 5.74) is 12.8. The Labute approximate surface area is 122 Å². The summed E-state index contributed by atoms with van der Waals surface area (Å²) in [6, 6.07) is 15.2. The molecule has 1 heteroatoms. The van der Waals surface area contributed by atoms with Gasteiger partial charge in [-0.2, -0.15) is 0 Å². The van der Waals surface area contributed by atoms with Crippen LogP contribution in [0.4, 0.5) is 0 Å². The lowest BCUT2D eigenvalue weighted by molar-refractivity contribution is 0.646. The minimum absolute atomic E-state index is 0.0392. The highest BCUT2D eigenvalue weighted by Crippen LogP contribution is 2.24. The summed E-state index contributed by atoms with van der Waals surface area (Å²) in [7, 11) is 0. The van der Waals surface area contributed by atoms with Gasteiger partial charge < -0.3 is 5.73 Å². The summed E-state index contributed by atoms with van der Waals surface area (Å²) in [5, 5.41) is 0. The van der Waals surface area contributed by atoms with Gasteiger partial charge in [0.15, 0.2) is 0 Å². The van der Waals surface area contributed by atoms with Crippen molar-refractivity contribution in [3.05, 3.63) is 70.3 Å². The molecule has 0 heterocycles. The summed E-state index contributed by atoms with van der Waals surface area (Å²) in [5.74, 6) is 0.669. The molecule has 2 aromatic carbocycles. The third kappa shape index (κ3) is 3.49. The van der Waals surface area contributed by atoms with Crippen molar-refractivity contribution in [2.24, 2.45) is 11.7 Å². The van der Waals surface area contributed by atoms with Crippen LogP contribution in [0, 0.1) is 19.8 Å². The maximum atomic E-state index is 6.47. The number of aryl methyl sites for hydroxylation is 2. The number of rotatable bonds is 4. The zero-order valence-corrected chi connectivity index (χ0v) is 13.0. The van der Waals surface area contributed by atoms with Crippen LogP contribution in [0.5, 0.6) is 0 Å². The molecule has 0 aliphatic carbocycles. The zero-order chi connectivity index (χ0) is 14.7. The fourth-order valence-corrected chi connectivity index (χ4v) is 2.74. The molecule has 0 fully saturated rings. The summed E-state index contributed by atoms with van der Waals surface area (Å²) in [6.45, 7) is 8.75. The van der Waals surface area contributed by atoms with E-state index in [1.54, 1.807) is 0 Å². The van der Waals surface area contributed by atoms with E-state index in [0.717, 1.165) is 6.42 Å². The van der Waals surface area contributed by atoms with Gasteiger partial charge in [-0.1, -0.05) is 61.9 Å². The molecule has 0 amide bonds. The molecule has 106 valence electrons. The fraction of sp³-hybridized carbons (Fsp3) is 0.368. The molecular weight excluding hydrogens is 242 g/mol. The van der Waals surface area contributed by atoms with E-state index < -0.39 is 0 Å². The first-order chi connectivity index (χ1) is 9.47. The van der Waals surface area contributed by atoms with Crippen molar-refractivity contribution in [1.29, 1.82) is 0 Å². The second-order valence-electron chi connectivity index (χ2n) is 6.18. The molecule has 2 N–H and O–H groups in total. The predicted octanol–water partition coefficient (Wildman–Crippen LogP) is 4.55. The summed E-state index contributed by atoms with van der Waals surface area (Å²) in [6.07, 6.45) is 1.10. The van der Waals surface area contributed by atoms with Gasteiger partial charge >= 0.3 is 0 Å². The minimum atomic E-state index is -0.0392. The number of hydrogen-bond donors (Lipinski definition) is 1. The third-order valence-electron chi connectivity index (χ3n) is 3.71. The number of benzene rings is 2. The molecule has 0 radical (unpaired) electrons. The Bertz CT molecular complexity index is 584. The van der Waals surface area contributed by atoms with Crippen LogP contribution in [0.1, 0.15) is 47.7 Å². The van der Waals surface area contributed by atoms with Gasteiger partial charge in [0.05, 0.1) is 6.04 Å². The Hall–Kier alpha value is -1.60. The maximum Gasteiger partial charge on any atom is 0.0554 e. The second-order valence-corrected chi connectivity index (χ2v) is 6.18. The Morgan fingerprint density at radius 1 is 1.00 bits per heavy atom. The molecule has 0 aliphatic rings. The average Bonchev–Trinajstić information content (AvgIpc) is 2.37. The van der Waals surface area contributed by atoms with Crippen LogP contribution >= 0.6 is 0 Å². The first-order valence-corrected chi connectivity index (χ1v) is 7.39. The van der Waals surface area contributed by atoms with Crippen LogP contribution in [0.3, 0.4) is 0 Å². The van der Waals surface area contributed by atoms with Gasteiger partial charge in [0, 0.05) is 0 Å². The lowest BCUT2D eigenvalue weighted by Gasteiger charge is -2.17. The molecule has 20 heavy (non-hydrogen) atoms. The molecular formula is C19H25N. The largest absolute Gasteiger partial charge is 0.320 e. The van der Waals surface area contributed by atoms with Gasteiger partial charge in [-0.05, 0) is 48.4 Å². The van der Waals surface area contributed by atoms with E-state index in [4.69, 9.17) is 5.73 Å². The standard InChI is InChI=1S/C19H25N/c1-13(2)10-16-6-5-7-17(12-16)19(20)18-9-8-14(3)11-15(18)4/h5-9,11-13,19H,10,20H2,1-4H3. The summed E-state index contributed by atoms with van der Waals surface area (Å²) in [4.78, 5) is 0. The number of hydrogen-bond acceptors (Lipinski definition) is 1. The van der Waals surface area contributed by atoms with Crippen LogP contribution in [0.15, 0.2) is 42.5 Å². The monoisotopic (exact) mass is 267 g/mol. The average molecular weight is 267 g/mol. The molecule has 0 bridgehead atoms. The van der Waals surface area contributed by atoms with Crippen molar-refractivity contribution in [2.45, 2.75) is 40.2 Å². The van der Waals surface area contributed by atoms with Crippen molar-refractivity contribution in [3.8, 4) is 0 Å². The van der Waals surface area contributed by atoms with Crippen molar-refractivity contribution in [2.75, 3.05) is 0 Å². The normalized spacial score (nSPS) is 12.7. The fourth-order valence-electron chi connectivity index (χ4n) is 2.74. The summed E-state index contributed by atoms with van der Waals surface area (Å²) >= 11 is 0. The van der Waals surface area contributed by atoms with E-state index >= 15 is 0 Å². The molecule has 1 atom stereocenters. The van der Waals surface area contributed by atoms with E-state index in [9.17, 15) is 0 Å². The summed E-state index contributed by atoms with van der Waals surface area (Å²) < 4.78 is 0. The van der Waals surface area contributed by atoms with Crippen molar-refractivity contribution in [3.63, 3.8) is 0 Å². The van der Waals surface area contributed by atoms with Gasteiger partial charge in [0.1, 0.15) is 0 Å². The third-order valence-corrected chi connectivity index (χ3v) is 3.71. The SMILES string of the molecule is Cc1ccc(C(N)c2cccc(CC(C)C)c2)c(C)c1. The number of nitrogens with two attached hydrogens (primary N) is 1. The Kier molecular flexibility index (Phi) is 4.61. The molecule has 0 saturated carbocycles. The highest BCUT2D eigenvalue weighted by molar-refractivity contribution is 5.39. The van der Waals surface area contributed by atoms with Crippen LogP contribution < -0.4 is 5.73 Å². The van der Waals surface area contributed by atoms with Gasteiger partial charge in [-0.15, -0.1) is 0 Å². The molecule has 0 aromatic heterocycles. The van der Waals surface area contributed by atoms with E-state index in [1.807, 2.05) is 0 Å². The minimum Gasteiger partial charge on any atom is -0.320 e. The topological polar surface area (TPSA) is 26.0 Å². The predicted molar refractivity (Wildman–Crippen MR) is 86.9 cm³/mol. The molecule has 2 aromatic rings. The van der Waals surface area contributed by atoms with E-state index in [0.29, 0.717) is 5.92 Å². The van der Waals surface area contributed by atoms with Gasteiger partial charge in [-0.25, -0.2) is 0 Å². The van der Waals surface area contributed by atoms with Gasteiger partial charge in [-0.3, -0.25) is 0 Å². The molecule has 0 saturated heterocycles. The molecule has 1 unspecified atom stereocenters. The first-order valence-electron chi connectivity index (χ1n) is 7.39. The van der Waals surface area contributed by atoms with E-state index in [1.165, 1.54) is 27.8 Å². The van der Waals surface area contributed by atoms with Crippen LogP contribution in [0.25, 0.3) is 0 Å². The van der Waals surface area contributed by atoms with E-state index in [2.05, 4.69) is 70.2 Å². The Balaban J connectivity index is 2.30. The molecule has 0 spiro atoms. The smallest absolute Gasteiger partial charge is 0.0554 e. The zero-order valence-electron chi connectivity index (χ0n) is 13.0. The highest BCUT2D eigenvalue weighted by atomic mass is 14.6. The molecule has 1 nitrogen and oxygen atoms in total. The van der Waals surface area contributed by atoms with Gasteiger partial charge in [0.2, 0.25) is 0 Å². The van der Waals surface area contributed by atoms with Crippen molar-refractivity contribution in [1.82, 2.24) is 0 Å². The molecule has 0 aliphatic heterocycles. The molecule has 2 rings (SSSR count). The quantitative estimate of drug-likeness (QED) is 0.864. The van der Waals surface area contributed by atoms with Crippen LogP contribution in [-0.2, 0) is 6.42 Å². The lowest BCUT2D eigenvalue weighted by Crippen LogP contribution is -2.13. The Morgan fingerprint density at radius 3 is 2.40 bits per heavy atom. The highest BCUT2D eigenvalue weighted by Gasteiger charge is 2.12. The first kappa shape index (κ1) is 14.8. The van der Waals surface area contributed by atoms with E-state index in [-0.39, 0.29) is 6.04 Å². The lowest BCUT2D eigenvalue weighted by atomic mass is 9.92. The Morgan fingerprint density at radius 2 is 1.75 bits per heavy atom. The van der Waals surface area contributed by atoms with Crippen molar-refractivity contribution < 1.29 is 0 Å². The van der Waals surface area contributed by atoms with Gasteiger partial charge in [0.25, 0.3) is 0 Å². The second kappa shape index (κ2) is 6.23. The maximum absolute atomic E-state index is 6.47. The van der Waals surface area contributed by atoms with Crippen LogP contribution in [0.2, 0.25) is 0 Å². The van der Waals surface area contributed by atoms with Crippen molar-refractivity contribution >= 4 is 0 Å². The van der Waals surface area contributed by atoms with Crippen LogP contribution in [-0.4, -0.2) is 0 Å².